The van der Waals surface area contributed by atoms with Crippen molar-refractivity contribution in [2.45, 2.75) is 76.6 Å². The maximum atomic E-state index is 7.29. The van der Waals surface area contributed by atoms with Crippen molar-refractivity contribution >= 4 is 72.6 Å². The summed E-state index contributed by atoms with van der Waals surface area (Å²) >= 11 is 0. The van der Waals surface area contributed by atoms with Crippen LogP contribution in [0, 0.1) is 0 Å². The van der Waals surface area contributed by atoms with Crippen molar-refractivity contribution in [2.24, 2.45) is 0 Å². The van der Waals surface area contributed by atoms with Gasteiger partial charge in [0, 0.05) is 17.6 Å². The van der Waals surface area contributed by atoms with Crippen LogP contribution in [0.3, 0.4) is 0 Å². The highest BCUT2D eigenvalue weighted by Gasteiger charge is 2.34. The Morgan fingerprint density at radius 2 is 0.744 bits per heavy atom. The normalized spacial score (nSPS) is 12.9. The van der Waals surface area contributed by atoms with Gasteiger partial charge in [0.15, 0.2) is 16.6 Å². The Morgan fingerprint density at radius 3 is 1.07 bits per heavy atom. The Hall–Kier alpha value is -1.43. The van der Waals surface area contributed by atoms with E-state index in [1.54, 1.807) is 11.1 Å². The van der Waals surface area contributed by atoms with Gasteiger partial charge in [0.25, 0.3) is 0 Å². The van der Waals surface area contributed by atoms with Crippen LogP contribution in [-0.4, -0.2) is 34.2 Å². The molecule has 0 amide bonds. The zero-order valence-electron chi connectivity index (χ0n) is 27.5. The third-order valence-corrected chi connectivity index (χ3v) is 19.6. The van der Waals surface area contributed by atoms with E-state index in [2.05, 4.69) is 149 Å². The molecule has 4 aromatic carbocycles. The van der Waals surface area contributed by atoms with E-state index in [1.165, 1.54) is 44.4 Å². The molecular weight excluding hydrogens is 623 g/mol. The van der Waals surface area contributed by atoms with E-state index in [0.29, 0.717) is 17.2 Å². The highest BCUT2D eigenvalue weighted by molar-refractivity contribution is 7.56. The molecule has 0 aliphatic rings. The molecule has 2 radical (unpaired) electrons. The van der Waals surface area contributed by atoms with Gasteiger partial charge in [-0.05, 0) is 93.8 Å². The molecule has 0 aromatic heterocycles. The quantitative estimate of drug-likeness (QED) is 0.0978. The van der Waals surface area contributed by atoms with Gasteiger partial charge in [-0.1, -0.05) is 140 Å². The average Bonchev–Trinajstić information content (AvgIpc) is 2.91. The van der Waals surface area contributed by atoms with E-state index >= 15 is 0 Å². The molecule has 1 nitrogen and oxygen atoms in total. The monoisotopic (exact) mass is 672 g/mol. The van der Waals surface area contributed by atoms with Crippen molar-refractivity contribution < 1.29 is 4.12 Å². The smallest absolute Gasteiger partial charge is 0.177 e. The van der Waals surface area contributed by atoms with Gasteiger partial charge in [0.1, 0.15) is 0 Å². The van der Waals surface area contributed by atoms with Crippen LogP contribution in [-0.2, 0) is 28.3 Å². The maximum absolute atomic E-state index is 7.29. The third-order valence-electron chi connectivity index (χ3n) is 7.48. The van der Waals surface area contributed by atoms with Crippen molar-refractivity contribution in [3.63, 3.8) is 0 Å². The van der Waals surface area contributed by atoms with Gasteiger partial charge >= 0.3 is 0 Å². The summed E-state index contributed by atoms with van der Waals surface area (Å²) in [6.07, 6.45) is 0. The van der Waals surface area contributed by atoms with Crippen LogP contribution in [0.15, 0.2) is 97.1 Å². The summed E-state index contributed by atoms with van der Waals surface area (Å²) in [6.45, 7) is 19.4. The molecule has 226 valence electrons. The van der Waals surface area contributed by atoms with Gasteiger partial charge in [0.2, 0.25) is 0 Å². The first-order chi connectivity index (χ1) is 20.4. The zero-order chi connectivity index (χ0) is 31.0. The summed E-state index contributed by atoms with van der Waals surface area (Å²) in [6, 6.07) is 41.2. The molecule has 4 aromatic rings. The van der Waals surface area contributed by atoms with Crippen LogP contribution < -0.4 is 21.2 Å². The van der Waals surface area contributed by atoms with E-state index < -0.39 is 16.6 Å². The summed E-state index contributed by atoms with van der Waals surface area (Å²) < 4.78 is 7.29. The van der Waals surface area contributed by atoms with Crippen LogP contribution in [0.4, 0.5) is 0 Å². The van der Waals surface area contributed by atoms with Crippen LogP contribution in [0.5, 0.6) is 0 Å². The minimum absolute atomic E-state index is 0.315. The Morgan fingerprint density at radius 1 is 0.465 bits per heavy atom. The minimum atomic E-state index is -1.96. The molecule has 0 spiro atoms. The third kappa shape index (κ3) is 10.9. The van der Waals surface area contributed by atoms with Gasteiger partial charge in [-0.3, -0.25) is 0 Å². The zero-order valence-corrected chi connectivity index (χ0v) is 33.5. The van der Waals surface area contributed by atoms with Crippen molar-refractivity contribution in [3.8, 4) is 0 Å². The van der Waals surface area contributed by atoms with E-state index in [1.807, 2.05) is 0 Å². The maximum Gasteiger partial charge on any atom is 0.177 e. The van der Waals surface area contributed by atoms with Gasteiger partial charge in [0.05, 0.1) is 0 Å². The number of rotatable bonds is 14. The molecular formula is C36H50OP2Si4. The fourth-order valence-electron chi connectivity index (χ4n) is 5.98. The lowest BCUT2D eigenvalue weighted by molar-refractivity contribution is 0.538. The molecule has 2 atom stereocenters. The summed E-state index contributed by atoms with van der Waals surface area (Å²) in [5.74, 6) is 0. The molecule has 0 bridgehead atoms. The highest BCUT2D eigenvalue weighted by Crippen LogP contribution is 2.26. The fourth-order valence-corrected chi connectivity index (χ4v) is 20.5. The second kappa shape index (κ2) is 15.7. The topological polar surface area (TPSA) is 9.23 Å². The number of hydrogen-bond donors (Lipinski definition) is 0. The van der Waals surface area contributed by atoms with Crippen molar-refractivity contribution in [1.29, 1.82) is 0 Å². The summed E-state index contributed by atoms with van der Waals surface area (Å²) in [5.41, 5.74) is 6.07. The molecule has 7 heteroatoms. The van der Waals surface area contributed by atoms with E-state index in [0.717, 1.165) is 12.1 Å². The first kappa shape index (κ1) is 34.4. The van der Waals surface area contributed by atoms with Gasteiger partial charge < -0.3 is 4.12 Å². The molecule has 0 N–H and O–H groups in total. The van der Waals surface area contributed by atoms with E-state index in [-0.39, 0.29) is 17.6 Å². The van der Waals surface area contributed by atoms with E-state index in [9.17, 15) is 0 Å². The molecule has 0 aliphatic heterocycles. The second-order valence-corrected chi connectivity index (χ2v) is 30.4. The lowest BCUT2D eigenvalue weighted by Gasteiger charge is -2.35. The number of hydrogen-bond acceptors (Lipinski definition) is 1. The largest absolute Gasteiger partial charge is 0.455 e. The lowest BCUT2D eigenvalue weighted by Crippen LogP contribution is -2.48. The predicted octanol–water partition coefficient (Wildman–Crippen LogP) is 7.91. The molecule has 2 unspecified atom stereocenters. The Labute approximate surface area is 271 Å². The standard InChI is InChI=1S/C36H50OP2Si4/c1-40(2)25-29-17-9-13-21-33(29)38-35-23-15-11-19-31(35)27-42(5,6)37-43(7,8)28-32-20-12-16-24-36(32)39-34-22-14-10-18-30(34)26-41(3)4/h9-24,38-39H,25-28H2,1-8H3. The molecule has 43 heavy (non-hydrogen) atoms. The average molecular weight is 673 g/mol. The van der Waals surface area contributed by atoms with Crippen molar-refractivity contribution in [3.05, 3.63) is 119 Å². The molecule has 0 aliphatic carbocycles. The van der Waals surface area contributed by atoms with Crippen molar-refractivity contribution in [1.82, 2.24) is 0 Å². The first-order valence-corrected chi connectivity index (χ1v) is 29.2. The molecule has 0 saturated carbocycles. The highest BCUT2D eigenvalue weighted by atomic mass is 31.1. The van der Waals surface area contributed by atoms with Crippen LogP contribution in [0.25, 0.3) is 0 Å². The summed E-state index contributed by atoms with van der Waals surface area (Å²) in [7, 11) is -3.15. The number of benzene rings is 4. The fraction of sp³-hybridized carbons (Fsp3) is 0.333. The van der Waals surface area contributed by atoms with E-state index in [4.69, 9.17) is 4.12 Å². The lowest BCUT2D eigenvalue weighted by atomic mass is 10.2. The van der Waals surface area contributed by atoms with Gasteiger partial charge in [-0.15, -0.1) is 0 Å². The molecule has 0 saturated heterocycles. The van der Waals surface area contributed by atoms with Gasteiger partial charge in [-0.2, -0.15) is 0 Å². The summed E-state index contributed by atoms with van der Waals surface area (Å²) in [4.78, 5) is 0. The molecule has 0 heterocycles. The molecule has 0 fully saturated rings. The van der Waals surface area contributed by atoms with Crippen LogP contribution >= 0.6 is 17.2 Å². The predicted molar refractivity (Wildman–Crippen MR) is 207 cm³/mol. The van der Waals surface area contributed by atoms with Crippen molar-refractivity contribution in [2.75, 3.05) is 0 Å². The Balaban J connectivity index is 1.49. The minimum Gasteiger partial charge on any atom is -0.455 e. The molecule has 4 rings (SSSR count). The van der Waals surface area contributed by atoms with Crippen LogP contribution in [0.1, 0.15) is 22.3 Å². The first-order valence-electron chi connectivity index (χ1n) is 15.5. The van der Waals surface area contributed by atoms with Gasteiger partial charge in [-0.25, -0.2) is 0 Å². The van der Waals surface area contributed by atoms with Crippen LogP contribution in [0.2, 0.25) is 52.4 Å². The Kier molecular flexibility index (Phi) is 12.6. The Bertz CT molecular complexity index is 1370. The second-order valence-electron chi connectivity index (χ2n) is 13.6. The summed E-state index contributed by atoms with van der Waals surface area (Å²) in [5, 5.41) is 6.03. The SMILES string of the molecule is C[Si](C)Cc1ccccc1Pc1ccccc1C[Si](C)(C)O[Si](C)(C)Cc1ccccc1Pc1ccccc1C[Si](C)C.